The maximum Gasteiger partial charge on any atom is 0.243 e. The minimum atomic E-state index is -0.164. The number of rotatable bonds is 7. The van der Waals surface area contributed by atoms with Crippen molar-refractivity contribution in [1.82, 2.24) is 0 Å². The van der Waals surface area contributed by atoms with Crippen LogP contribution in [0.4, 0.5) is 22.7 Å². The van der Waals surface area contributed by atoms with Crippen LogP contribution in [0, 0.1) is 0 Å². The molecule has 3 rings (SSSR count). The second-order valence-corrected chi connectivity index (χ2v) is 7.09. The van der Waals surface area contributed by atoms with Gasteiger partial charge in [-0.15, -0.1) is 0 Å². The fraction of sp³-hybridized carbons (Fsp3) is 0.364. The predicted molar refractivity (Wildman–Crippen MR) is 117 cm³/mol. The van der Waals surface area contributed by atoms with Gasteiger partial charge < -0.3 is 25.6 Å². The molecule has 0 unspecified atom stereocenters. The normalized spacial score (nSPS) is 13.5. The van der Waals surface area contributed by atoms with Gasteiger partial charge in [-0.05, 0) is 61.7 Å². The Balaban J connectivity index is 1.56. The lowest BCUT2D eigenvalue weighted by Gasteiger charge is -2.28. The van der Waals surface area contributed by atoms with Gasteiger partial charge in [-0.3, -0.25) is 9.59 Å². The zero-order chi connectivity index (χ0) is 20.6. The summed E-state index contributed by atoms with van der Waals surface area (Å²) in [6.45, 7) is 3.71. The molecule has 7 nitrogen and oxygen atoms in total. The van der Waals surface area contributed by atoms with Crippen LogP contribution in [0.1, 0.15) is 26.2 Å². The molecule has 7 heteroatoms. The fourth-order valence-corrected chi connectivity index (χ4v) is 3.42. The molecule has 0 aliphatic carbocycles. The highest BCUT2D eigenvalue weighted by molar-refractivity contribution is 5.94. The van der Waals surface area contributed by atoms with E-state index in [-0.39, 0.29) is 18.4 Å². The standard InChI is InChI=1S/C22H28N4O3/c1-16(27)24-18-8-11-21(29-2)20(14-18)23-15-22(28)25-17-6-9-19(10-7-17)26-12-4-3-5-13-26/h6-11,14,23H,3-5,12-13,15H2,1-2H3,(H,24,27)(H,25,28). The number of nitrogens with one attached hydrogen (secondary N) is 3. The third-order valence-electron chi connectivity index (χ3n) is 4.83. The van der Waals surface area contributed by atoms with Crippen LogP contribution < -0.4 is 25.6 Å². The number of methoxy groups -OCH3 is 1. The molecule has 1 aliphatic rings. The topological polar surface area (TPSA) is 82.7 Å². The van der Waals surface area contributed by atoms with Crippen molar-refractivity contribution < 1.29 is 14.3 Å². The molecule has 154 valence electrons. The molecule has 2 aromatic carbocycles. The molecule has 0 saturated carbocycles. The van der Waals surface area contributed by atoms with E-state index in [1.807, 2.05) is 24.3 Å². The molecule has 29 heavy (non-hydrogen) atoms. The average Bonchev–Trinajstić information content (AvgIpc) is 2.73. The summed E-state index contributed by atoms with van der Waals surface area (Å²) in [5.41, 5.74) is 3.22. The van der Waals surface area contributed by atoms with Gasteiger partial charge in [0.2, 0.25) is 11.8 Å². The quantitative estimate of drug-likeness (QED) is 0.665. The molecular weight excluding hydrogens is 368 g/mol. The molecule has 0 atom stereocenters. The summed E-state index contributed by atoms with van der Waals surface area (Å²) in [7, 11) is 1.56. The van der Waals surface area contributed by atoms with Crippen molar-refractivity contribution in [3.63, 3.8) is 0 Å². The lowest BCUT2D eigenvalue weighted by molar-refractivity contribution is -0.115. The Morgan fingerprint density at radius 2 is 1.66 bits per heavy atom. The maximum absolute atomic E-state index is 12.3. The van der Waals surface area contributed by atoms with Crippen LogP contribution in [0.2, 0.25) is 0 Å². The summed E-state index contributed by atoms with van der Waals surface area (Å²) < 4.78 is 5.32. The van der Waals surface area contributed by atoms with Crippen molar-refractivity contribution in [2.75, 3.05) is 47.6 Å². The van der Waals surface area contributed by atoms with E-state index in [0.717, 1.165) is 18.8 Å². The van der Waals surface area contributed by atoms with Gasteiger partial charge in [-0.2, -0.15) is 0 Å². The van der Waals surface area contributed by atoms with E-state index in [4.69, 9.17) is 4.74 Å². The zero-order valence-corrected chi connectivity index (χ0v) is 17.0. The zero-order valence-electron chi connectivity index (χ0n) is 17.0. The third-order valence-corrected chi connectivity index (χ3v) is 4.83. The van der Waals surface area contributed by atoms with Crippen LogP contribution in [0.5, 0.6) is 5.75 Å². The molecule has 2 amide bonds. The van der Waals surface area contributed by atoms with Gasteiger partial charge in [-0.1, -0.05) is 0 Å². The van der Waals surface area contributed by atoms with E-state index < -0.39 is 0 Å². The van der Waals surface area contributed by atoms with Crippen molar-refractivity contribution in [2.45, 2.75) is 26.2 Å². The van der Waals surface area contributed by atoms with Crippen molar-refractivity contribution in [1.29, 1.82) is 0 Å². The fourth-order valence-electron chi connectivity index (χ4n) is 3.42. The van der Waals surface area contributed by atoms with Gasteiger partial charge >= 0.3 is 0 Å². The summed E-state index contributed by atoms with van der Waals surface area (Å²) in [5, 5.41) is 8.68. The van der Waals surface area contributed by atoms with Crippen molar-refractivity contribution >= 4 is 34.6 Å². The first-order valence-electron chi connectivity index (χ1n) is 9.89. The number of hydrogen-bond acceptors (Lipinski definition) is 5. The van der Waals surface area contributed by atoms with Crippen LogP contribution in [0.25, 0.3) is 0 Å². The molecule has 1 heterocycles. The number of hydrogen-bond donors (Lipinski definition) is 3. The molecule has 0 aromatic heterocycles. The van der Waals surface area contributed by atoms with E-state index in [1.54, 1.807) is 25.3 Å². The van der Waals surface area contributed by atoms with Crippen LogP contribution in [-0.4, -0.2) is 38.6 Å². The van der Waals surface area contributed by atoms with Crippen LogP contribution in [0.15, 0.2) is 42.5 Å². The lowest BCUT2D eigenvalue weighted by atomic mass is 10.1. The highest BCUT2D eigenvalue weighted by Crippen LogP contribution is 2.28. The summed E-state index contributed by atoms with van der Waals surface area (Å²) in [6.07, 6.45) is 3.77. The van der Waals surface area contributed by atoms with Crippen molar-refractivity contribution in [2.24, 2.45) is 0 Å². The lowest BCUT2D eigenvalue weighted by Crippen LogP contribution is -2.29. The molecule has 1 saturated heterocycles. The third kappa shape index (κ3) is 5.88. The molecule has 3 N–H and O–H groups in total. The Morgan fingerprint density at radius 1 is 0.966 bits per heavy atom. The number of piperidine rings is 1. The largest absolute Gasteiger partial charge is 0.495 e. The molecule has 0 radical (unpaired) electrons. The first kappa shape index (κ1) is 20.5. The van der Waals surface area contributed by atoms with E-state index >= 15 is 0 Å². The summed E-state index contributed by atoms with van der Waals surface area (Å²) in [5.74, 6) is 0.271. The molecule has 1 aliphatic heterocycles. The van der Waals surface area contributed by atoms with E-state index in [2.05, 4.69) is 20.9 Å². The van der Waals surface area contributed by atoms with Gasteiger partial charge in [0.15, 0.2) is 0 Å². The van der Waals surface area contributed by atoms with Gasteiger partial charge in [0, 0.05) is 37.1 Å². The predicted octanol–water partition coefficient (Wildman–Crippen LogP) is 3.69. The number of nitrogens with zero attached hydrogens (tertiary/aromatic N) is 1. The minimum absolute atomic E-state index is 0.0771. The van der Waals surface area contributed by atoms with Gasteiger partial charge in [0.25, 0.3) is 0 Å². The van der Waals surface area contributed by atoms with Gasteiger partial charge in [-0.25, -0.2) is 0 Å². The molecule has 0 spiro atoms. The summed E-state index contributed by atoms with van der Waals surface area (Å²) in [6, 6.07) is 13.2. The molecule has 2 aromatic rings. The average molecular weight is 396 g/mol. The Morgan fingerprint density at radius 3 is 2.31 bits per heavy atom. The number of amides is 2. The summed E-state index contributed by atoms with van der Waals surface area (Å²) in [4.78, 5) is 26.0. The smallest absolute Gasteiger partial charge is 0.243 e. The van der Waals surface area contributed by atoms with Crippen LogP contribution >= 0.6 is 0 Å². The highest BCUT2D eigenvalue weighted by Gasteiger charge is 2.11. The Hall–Kier alpha value is -3.22. The highest BCUT2D eigenvalue weighted by atomic mass is 16.5. The van der Waals surface area contributed by atoms with E-state index in [1.165, 1.54) is 31.9 Å². The SMILES string of the molecule is COc1ccc(NC(C)=O)cc1NCC(=O)Nc1ccc(N2CCCCC2)cc1. The molecule has 0 bridgehead atoms. The van der Waals surface area contributed by atoms with Gasteiger partial charge in [0.1, 0.15) is 5.75 Å². The second-order valence-electron chi connectivity index (χ2n) is 7.09. The monoisotopic (exact) mass is 396 g/mol. The number of carbonyl (C=O) groups is 2. The molecular formula is C22H28N4O3. The van der Waals surface area contributed by atoms with Crippen LogP contribution in [-0.2, 0) is 9.59 Å². The summed E-state index contributed by atoms with van der Waals surface area (Å²) >= 11 is 0. The minimum Gasteiger partial charge on any atom is -0.495 e. The maximum atomic E-state index is 12.3. The van der Waals surface area contributed by atoms with Crippen molar-refractivity contribution in [3.05, 3.63) is 42.5 Å². The van der Waals surface area contributed by atoms with Gasteiger partial charge in [0.05, 0.1) is 19.3 Å². The van der Waals surface area contributed by atoms with E-state index in [9.17, 15) is 9.59 Å². The van der Waals surface area contributed by atoms with Crippen molar-refractivity contribution in [3.8, 4) is 5.75 Å². The number of carbonyl (C=O) groups excluding carboxylic acids is 2. The number of anilines is 4. The second kappa shape index (κ2) is 9.82. The Kier molecular flexibility index (Phi) is 6.94. The van der Waals surface area contributed by atoms with E-state index in [0.29, 0.717) is 17.1 Å². The Bertz CT molecular complexity index is 846. The first-order valence-corrected chi connectivity index (χ1v) is 9.89. The number of benzene rings is 2. The Labute approximate surface area is 171 Å². The molecule has 1 fully saturated rings. The van der Waals surface area contributed by atoms with Crippen LogP contribution in [0.3, 0.4) is 0 Å². The number of ether oxygens (including phenoxy) is 1. The first-order chi connectivity index (χ1) is 14.0.